The van der Waals surface area contributed by atoms with Gasteiger partial charge in [-0.1, -0.05) is 24.3 Å². The third-order valence-corrected chi connectivity index (χ3v) is 5.82. The van der Waals surface area contributed by atoms with E-state index in [0.717, 1.165) is 0 Å². The zero-order valence-corrected chi connectivity index (χ0v) is 20.7. The zero-order chi connectivity index (χ0) is 26.4. The maximum absolute atomic E-state index is 13.2. The van der Waals surface area contributed by atoms with Crippen LogP contribution in [-0.2, 0) is 4.79 Å². The molecule has 0 spiro atoms. The molecule has 0 aliphatic heterocycles. The van der Waals surface area contributed by atoms with Crippen LogP contribution >= 0.6 is 0 Å². The van der Waals surface area contributed by atoms with Crippen molar-refractivity contribution in [2.24, 2.45) is 0 Å². The van der Waals surface area contributed by atoms with Crippen molar-refractivity contribution in [2.45, 2.75) is 6.42 Å². The number of ether oxygens (including phenoxy) is 3. The summed E-state index contributed by atoms with van der Waals surface area (Å²) in [4.78, 5) is 38.9. The molecule has 0 saturated heterocycles. The van der Waals surface area contributed by atoms with Crippen molar-refractivity contribution in [2.75, 3.05) is 33.2 Å². The number of carbonyl (C=O) groups excluding carboxylic acids is 2. The maximum Gasteiger partial charge on any atom is 0.262 e. The molecule has 0 aliphatic rings. The monoisotopic (exact) mass is 501 g/mol. The molecule has 1 aromatic heterocycles. The van der Waals surface area contributed by atoms with Crippen molar-refractivity contribution in [3.8, 4) is 22.9 Å². The lowest BCUT2D eigenvalue weighted by Crippen LogP contribution is -2.29. The molecular formula is C28H27N3O6. The number of benzene rings is 3. The highest BCUT2D eigenvalue weighted by Crippen LogP contribution is 2.29. The van der Waals surface area contributed by atoms with Crippen LogP contribution < -0.4 is 30.4 Å². The molecule has 0 aliphatic carbocycles. The van der Waals surface area contributed by atoms with Gasteiger partial charge in [-0.2, -0.15) is 0 Å². The lowest BCUT2D eigenvalue weighted by molar-refractivity contribution is -0.116. The molecule has 2 N–H and O–H groups in total. The second-order valence-electron chi connectivity index (χ2n) is 8.09. The number of fused-ring (bicyclic) bond motifs is 1. The molecule has 190 valence electrons. The molecule has 0 atom stereocenters. The second-order valence-corrected chi connectivity index (χ2v) is 8.09. The summed E-state index contributed by atoms with van der Waals surface area (Å²) < 4.78 is 17.2. The average molecular weight is 502 g/mol. The van der Waals surface area contributed by atoms with Gasteiger partial charge in [-0.25, -0.2) is 0 Å². The molecular weight excluding hydrogens is 474 g/mol. The van der Waals surface area contributed by atoms with Crippen LogP contribution in [0.25, 0.3) is 16.5 Å². The first-order valence-electron chi connectivity index (χ1n) is 11.5. The van der Waals surface area contributed by atoms with E-state index in [1.165, 1.54) is 25.0 Å². The average Bonchev–Trinajstić information content (AvgIpc) is 2.93. The van der Waals surface area contributed by atoms with Gasteiger partial charge in [-0.05, 0) is 30.3 Å². The molecule has 1 heterocycles. The Morgan fingerprint density at radius 3 is 2.30 bits per heavy atom. The van der Waals surface area contributed by atoms with Crippen molar-refractivity contribution < 1.29 is 23.8 Å². The molecule has 0 radical (unpaired) electrons. The number of hydrogen-bond acceptors (Lipinski definition) is 6. The second kappa shape index (κ2) is 11.3. The summed E-state index contributed by atoms with van der Waals surface area (Å²) in [6.07, 6.45) is 1.54. The predicted octanol–water partition coefficient (Wildman–Crippen LogP) is 3.78. The normalized spacial score (nSPS) is 10.6. The van der Waals surface area contributed by atoms with E-state index in [1.807, 2.05) is 0 Å². The number of nitrogens with one attached hydrogen (secondary N) is 2. The molecule has 3 aromatic carbocycles. The maximum atomic E-state index is 13.2. The topological polar surface area (TPSA) is 108 Å². The van der Waals surface area contributed by atoms with Gasteiger partial charge in [0, 0.05) is 42.1 Å². The van der Waals surface area contributed by atoms with E-state index >= 15 is 0 Å². The lowest BCUT2D eigenvalue weighted by Gasteiger charge is -2.14. The van der Waals surface area contributed by atoms with Gasteiger partial charge in [0.2, 0.25) is 5.91 Å². The summed E-state index contributed by atoms with van der Waals surface area (Å²) in [5, 5.41) is 6.49. The van der Waals surface area contributed by atoms with Crippen LogP contribution in [0.3, 0.4) is 0 Å². The van der Waals surface area contributed by atoms with Gasteiger partial charge < -0.3 is 24.8 Å². The Hall–Kier alpha value is -4.79. The predicted molar refractivity (Wildman–Crippen MR) is 141 cm³/mol. The summed E-state index contributed by atoms with van der Waals surface area (Å²) in [7, 11) is 4.58. The van der Waals surface area contributed by atoms with E-state index in [0.29, 0.717) is 45.0 Å². The summed E-state index contributed by atoms with van der Waals surface area (Å²) in [6.45, 7) is 0.0869. The molecule has 0 saturated carbocycles. The summed E-state index contributed by atoms with van der Waals surface area (Å²) in [5.74, 6) is 0.937. The number of nitrogens with zero attached hydrogens (tertiary/aromatic N) is 1. The van der Waals surface area contributed by atoms with Gasteiger partial charge in [0.1, 0.15) is 17.2 Å². The van der Waals surface area contributed by atoms with Gasteiger partial charge >= 0.3 is 0 Å². The fourth-order valence-electron chi connectivity index (χ4n) is 3.93. The minimum atomic E-state index is -0.403. The highest BCUT2D eigenvalue weighted by molar-refractivity contribution is 6.06. The van der Waals surface area contributed by atoms with Gasteiger partial charge in [0.25, 0.3) is 11.5 Å². The SMILES string of the molecule is COc1cccc(-n2cc(C(=O)NCCC(=O)Nc3cc(OC)ccc3OC)c3ccccc3c2=O)c1. The molecule has 9 heteroatoms. The minimum Gasteiger partial charge on any atom is -0.497 e. The van der Waals surface area contributed by atoms with E-state index in [1.54, 1.807) is 73.8 Å². The molecule has 9 nitrogen and oxygen atoms in total. The van der Waals surface area contributed by atoms with Gasteiger partial charge in [-0.3, -0.25) is 19.0 Å². The van der Waals surface area contributed by atoms with E-state index in [-0.39, 0.29) is 24.4 Å². The fraction of sp³-hybridized carbons (Fsp3) is 0.179. The zero-order valence-electron chi connectivity index (χ0n) is 20.7. The van der Waals surface area contributed by atoms with Crippen molar-refractivity contribution in [3.05, 3.63) is 88.8 Å². The first kappa shape index (κ1) is 25.3. The number of amides is 2. The quantitative estimate of drug-likeness (QED) is 0.362. The molecule has 0 fully saturated rings. The highest BCUT2D eigenvalue weighted by Gasteiger charge is 2.16. The van der Waals surface area contributed by atoms with Crippen molar-refractivity contribution in [3.63, 3.8) is 0 Å². The van der Waals surface area contributed by atoms with E-state index < -0.39 is 5.91 Å². The molecule has 0 bridgehead atoms. The van der Waals surface area contributed by atoms with Crippen LogP contribution in [0.2, 0.25) is 0 Å². The summed E-state index contributed by atoms with van der Waals surface area (Å²) >= 11 is 0. The Kier molecular flexibility index (Phi) is 7.73. The van der Waals surface area contributed by atoms with Crippen LogP contribution in [0.5, 0.6) is 17.2 Å². The first-order valence-corrected chi connectivity index (χ1v) is 11.5. The Balaban J connectivity index is 1.53. The van der Waals surface area contributed by atoms with Gasteiger partial charge in [-0.15, -0.1) is 0 Å². The third-order valence-electron chi connectivity index (χ3n) is 5.82. The number of methoxy groups -OCH3 is 3. The van der Waals surface area contributed by atoms with Crippen LogP contribution in [0.15, 0.2) is 77.7 Å². The van der Waals surface area contributed by atoms with Crippen molar-refractivity contribution in [1.82, 2.24) is 9.88 Å². The highest BCUT2D eigenvalue weighted by atomic mass is 16.5. The fourth-order valence-corrected chi connectivity index (χ4v) is 3.93. The Morgan fingerprint density at radius 2 is 1.57 bits per heavy atom. The smallest absolute Gasteiger partial charge is 0.262 e. The number of hydrogen-bond donors (Lipinski definition) is 2. The number of pyridine rings is 1. The number of anilines is 1. The molecule has 4 rings (SSSR count). The Morgan fingerprint density at radius 1 is 0.838 bits per heavy atom. The van der Waals surface area contributed by atoms with Gasteiger partial charge in [0.05, 0.1) is 38.3 Å². The number of carbonyl (C=O) groups is 2. The van der Waals surface area contributed by atoms with Crippen molar-refractivity contribution >= 4 is 28.3 Å². The molecule has 0 unspecified atom stereocenters. The van der Waals surface area contributed by atoms with E-state index in [9.17, 15) is 14.4 Å². The van der Waals surface area contributed by atoms with E-state index in [2.05, 4.69) is 10.6 Å². The first-order chi connectivity index (χ1) is 17.9. The van der Waals surface area contributed by atoms with Crippen LogP contribution in [0, 0.1) is 0 Å². The number of rotatable bonds is 9. The largest absolute Gasteiger partial charge is 0.497 e. The third kappa shape index (κ3) is 5.56. The van der Waals surface area contributed by atoms with Crippen LogP contribution in [0.4, 0.5) is 5.69 Å². The standard InChI is InChI=1S/C28H27N3O6/c1-35-19-8-6-7-18(15-19)31-17-23(21-9-4-5-10-22(21)28(31)34)27(33)29-14-13-26(32)30-24-16-20(36-2)11-12-25(24)37-3/h4-12,15-17H,13-14H2,1-3H3,(H,29,33)(H,30,32). The number of aromatic nitrogens is 1. The van der Waals surface area contributed by atoms with Crippen LogP contribution in [0.1, 0.15) is 16.8 Å². The summed E-state index contributed by atoms with van der Waals surface area (Å²) in [5.41, 5.74) is 1.09. The molecule has 2 amide bonds. The van der Waals surface area contributed by atoms with Crippen LogP contribution in [-0.4, -0.2) is 44.3 Å². The van der Waals surface area contributed by atoms with E-state index in [4.69, 9.17) is 14.2 Å². The molecule has 37 heavy (non-hydrogen) atoms. The minimum absolute atomic E-state index is 0.0273. The molecule has 4 aromatic rings. The Labute approximate surface area is 213 Å². The lowest BCUT2D eigenvalue weighted by atomic mass is 10.1. The Bertz CT molecular complexity index is 1510. The summed E-state index contributed by atoms with van der Waals surface area (Å²) in [6, 6.07) is 19.0. The van der Waals surface area contributed by atoms with Crippen molar-refractivity contribution in [1.29, 1.82) is 0 Å². The van der Waals surface area contributed by atoms with Gasteiger partial charge in [0.15, 0.2) is 0 Å².